The molecule has 3 atom stereocenters. The van der Waals surface area contributed by atoms with E-state index in [-0.39, 0.29) is 5.41 Å². The average molecular weight is 335 g/mol. The molecule has 0 heterocycles. The van der Waals surface area contributed by atoms with Crippen molar-refractivity contribution >= 4 is 8.32 Å². The van der Waals surface area contributed by atoms with E-state index in [1.807, 2.05) is 20.8 Å². The summed E-state index contributed by atoms with van der Waals surface area (Å²) in [5, 5.41) is 20.5. The van der Waals surface area contributed by atoms with Gasteiger partial charge in [-0.25, -0.2) is 4.89 Å². The fourth-order valence-corrected chi connectivity index (χ4v) is 8.17. The average Bonchev–Trinajstić information content (AvgIpc) is 2.30. The van der Waals surface area contributed by atoms with Crippen molar-refractivity contribution in [2.24, 2.45) is 5.41 Å². The van der Waals surface area contributed by atoms with Crippen LogP contribution in [-0.2, 0) is 9.46 Å². The normalized spacial score (nSPS) is 18.1. The molecule has 134 valence electrons. The van der Waals surface area contributed by atoms with E-state index < -0.39 is 26.6 Å². The van der Waals surface area contributed by atoms with Crippen LogP contribution in [0.4, 0.5) is 0 Å². The van der Waals surface area contributed by atoms with E-state index in [9.17, 15) is 10.2 Å². The summed E-state index contributed by atoms with van der Waals surface area (Å²) < 4.78 is 6.07. The molecule has 0 aliphatic rings. The summed E-state index contributed by atoms with van der Waals surface area (Å²) in [6, 6.07) is 0. The van der Waals surface area contributed by atoms with E-state index in [1.165, 1.54) is 0 Å². The summed E-state index contributed by atoms with van der Waals surface area (Å²) in [5.41, 5.74) is 0.764. The first-order chi connectivity index (χ1) is 9.78. The largest absolute Gasteiger partial charge is 0.390 e. The lowest BCUT2D eigenvalue weighted by atomic mass is 9.84. The summed E-state index contributed by atoms with van der Waals surface area (Å²) in [4.78, 5) is 5.70. The van der Waals surface area contributed by atoms with E-state index in [2.05, 4.69) is 41.5 Å². The van der Waals surface area contributed by atoms with E-state index in [0.29, 0.717) is 16.6 Å². The van der Waals surface area contributed by atoms with Gasteiger partial charge in [0.05, 0.1) is 12.2 Å². The molecule has 22 heavy (non-hydrogen) atoms. The molecule has 0 rings (SSSR count). The van der Waals surface area contributed by atoms with Crippen molar-refractivity contribution in [1.82, 2.24) is 0 Å². The van der Waals surface area contributed by atoms with Crippen LogP contribution >= 0.6 is 0 Å². The maximum atomic E-state index is 10.5. The molecule has 0 fully saturated rings. The van der Waals surface area contributed by atoms with Crippen molar-refractivity contribution in [2.45, 2.75) is 104 Å². The maximum Gasteiger partial charge on any atom is 0.246 e. The molecule has 0 aromatic rings. The van der Waals surface area contributed by atoms with Crippen molar-refractivity contribution in [2.75, 3.05) is 0 Å². The third kappa shape index (κ3) is 5.03. The quantitative estimate of drug-likeness (QED) is 0.395. The third-order valence-electron chi connectivity index (χ3n) is 4.68. The van der Waals surface area contributed by atoms with Gasteiger partial charge in [-0.05, 0) is 29.0 Å². The highest BCUT2D eigenvalue weighted by Gasteiger charge is 2.48. The van der Waals surface area contributed by atoms with Gasteiger partial charge in [0.25, 0.3) is 0 Å². The lowest BCUT2D eigenvalue weighted by Crippen LogP contribution is -2.52. The minimum Gasteiger partial charge on any atom is -0.390 e. The summed E-state index contributed by atoms with van der Waals surface area (Å²) in [5.74, 6) is 0. The molecule has 0 aliphatic carbocycles. The topological polar surface area (TPSA) is 58.9 Å². The Morgan fingerprint density at radius 1 is 0.773 bits per heavy atom. The Labute approximate surface area is 138 Å². The monoisotopic (exact) mass is 334 g/mol. The molecule has 5 heteroatoms. The Hall–Kier alpha value is 0.0569. The van der Waals surface area contributed by atoms with Gasteiger partial charge in [0.1, 0.15) is 6.10 Å². The van der Waals surface area contributed by atoms with Crippen LogP contribution in [0.1, 0.15) is 69.2 Å². The highest BCUT2D eigenvalue weighted by molar-refractivity contribution is 6.77. The van der Waals surface area contributed by atoms with Crippen LogP contribution < -0.4 is 0 Å². The first-order valence-electron chi connectivity index (χ1n) is 8.49. The Kier molecular flexibility index (Phi) is 8.26. The van der Waals surface area contributed by atoms with Crippen LogP contribution in [-0.4, -0.2) is 36.8 Å². The molecule has 0 saturated carbocycles. The first-order valence-corrected chi connectivity index (χ1v) is 10.6. The predicted molar refractivity (Wildman–Crippen MR) is 94.1 cm³/mol. The van der Waals surface area contributed by atoms with Gasteiger partial charge in [0.2, 0.25) is 8.32 Å². The zero-order chi connectivity index (χ0) is 17.9. The Bertz CT molecular complexity index is 299. The summed E-state index contributed by atoms with van der Waals surface area (Å²) in [6.07, 6.45) is -2.35. The standard InChI is InChI=1S/C17H38O4Si/c1-11(2)22(12(3)4,13(5)6)21-20-15(14(7)18)16(19)17(8,9)10/h11-16,18-19H,1-10H3/t14-,15+,16+/m0/s1. The zero-order valence-electron chi connectivity index (χ0n) is 16.2. The van der Waals surface area contributed by atoms with Gasteiger partial charge in [-0.1, -0.05) is 62.3 Å². The summed E-state index contributed by atoms with van der Waals surface area (Å²) in [7, 11) is -2.19. The minimum absolute atomic E-state index is 0.383. The number of hydrogen-bond acceptors (Lipinski definition) is 4. The molecule has 0 radical (unpaired) electrons. The molecule has 0 amide bonds. The molecule has 4 nitrogen and oxygen atoms in total. The number of rotatable bonds is 8. The molecule has 0 aliphatic heterocycles. The highest BCUT2D eigenvalue weighted by Crippen LogP contribution is 2.43. The third-order valence-corrected chi connectivity index (χ3v) is 10.5. The maximum absolute atomic E-state index is 10.5. The summed E-state index contributed by atoms with van der Waals surface area (Å²) in [6.45, 7) is 20.4. The molecule has 0 aromatic carbocycles. The van der Waals surface area contributed by atoms with Gasteiger partial charge in [-0.3, -0.25) is 4.58 Å². The van der Waals surface area contributed by atoms with Gasteiger partial charge < -0.3 is 10.2 Å². The fraction of sp³-hybridized carbons (Fsp3) is 1.00. The van der Waals surface area contributed by atoms with Crippen molar-refractivity contribution in [3.63, 3.8) is 0 Å². The second-order valence-corrected chi connectivity index (χ2v) is 13.9. The van der Waals surface area contributed by atoms with E-state index >= 15 is 0 Å². The smallest absolute Gasteiger partial charge is 0.246 e. The molecular formula is C17H38O4Si. The van der Waals surface area contributed by atoms with Crippen molar-refractivity contribution in [1.29, 1.82) is 0 Å². The van der Waals surface area contributed by atoms with E-state index in [4.69, 9.17) is 9.46 Å². The molecule has 0 aromatic heterocycles. The van der Waals surface area contributed by atoms with Gasteiger partial charge >= 0.3 is 0 Å². The second-order valence-electron chi connectivity index (χ2n) is 8.51. The first kappa shape index (κ1) is 22.1. The Morgan fingerprint density at radius 3 is 1.36 bits per heavy atom. The lowest BCUT2D eigenvalue weighted by molar-refractivity contribution is -0.305. The zero-order valence-corrected chi connectivity index (χ0v) is 17.2. The van der Waals surface area contributed by atoms with Crippen LogP contribution in [0, 0.1) is 5.41 Å². The molecule has 0 unspecified atom stereocenters. The lowest BCUT2D eigenvalue weighted by Gasteiger charge is -2.42. The minimum atomic E-state index is -2.19. The highest BCUT2D eigenvalue weighted by atomic mass is 28.4. The van der Waals surface area contributed by atoms with Crippen LogP contribution in [0.15, 0.2) is 0 Å². The second kappa shape index (κ2) is 8.24. The van der Waals surface area contributed by atoms with Crippen LogP contribution in [0.2, 0.25) is 16.6 Å². The molecular weight excluding hydrogens is 296 g/mol. The van der Waals surface area contributed by atoms with Gasteiger partial charge in [0, 0.05) is 0 Å². The molecule has 0 bridgehead atoms. The number of aliphatic hydroxyl groups excluding tert-OH is 2. The molecule has 0 saturated heterocycles. The Morgan fingerprint density at radius 2 is 1.14 bits per heavy atom. The predicted octanol–water partition coefficient (Wildman–Crippen LogP) is 4.27. The van der Waals surface area contributed by atoms with Gasteiger partial charge in [-0.15, -0.1) is 0 Å². The molecule has 2 N–H and O–H groups in total. The fourth-order valence-electron chi connectivity index (χ4n) is 3.32. The number of hydrogen-bond donors (Lipinski definition) is 2. The van der Waals surface area contributed by atoms with Crippen molar-refractivity contribution in [3.8, 4) is 0 Å². The van der Waals surface area contributed by atoms with Gasteiger partial charge in [-0.2, -0.15) is 0 Å². The van der Waals surface area contributed by atoms with E-state index in [0.717, 1.165) is 0 Å². The molecule has 0 spiro atoms. The summed E-state index contributed by atoms with van der Waals surface area (Å²) >= 11 is 0. The van der Waals surface area contributed by atoms with Crippen molar-refractivity contribution < 1.29 is 19.7 Å². The van der Waals surface area contributed by atoms with Gasteiger partial charge in [0.15, 0.2) is 0 Å². The Balaban J connectivity index is 5.32. The van der Waals surface area contributed by atoms with Crippen LogP contribution in [0.3, 0.4) is 0 Å². The number of aliphatic hydroxyl groups is 2. The van der Waals surface area contributed by atoms with E-state index in [1.54, 1.807) is 6.92 Å². The van der Waals surface area contributed by atoms with Crippen molar-refractivity contribution in [3.05, 3.63) is 0 Å². The van der Waals surface area contributed by atoms with Crippen LogP contribution in [0.5, 0.6) is 0 Å². The van der Waals surface area contributed by atoms with Crippen LogP contribution in [0.25, 0.3) is 0 Å². The SMILES string of the molecule is CC(C)[Si](OO[C@H]([C@H](C)O)[C@@H](O)C(C)(C)C)(C(C)C)C(C)C.